The first-order valence-electron chi connectivity index (χ1n) is 11.6. The van der Waals surface area contributed by atoms with E-state index in [-0.39, 0.29) is 9.23 Å². The normalized spacial score (nSPS) is 25.7. The van der Waals surface area contributed by atoms with Crippen LogP contribution in [0.4, 0.5) is 0 Å². The lowest BCUT2D eigenvalue weighted by Crippen LogP contribution is -2.66. The zero-order valence-corrected chi connectivity index (χ0v) is 23.4. The molecule has 0 unspecified atom stereocenters. The SMILES string of the molecule is COc1ccc(/C=C2/SC(=S)N([C@@H]3O[C@H](COC(C)=O)[C@H](OC(C)=O)[C@@H](OC(C)=O)[C@H]3OC(C)=O)C2=O)cc1. The van der Waals surface area contributed by atoms with Crippen LogP contribution in [0.2, 0.25) is 0 Å². The summed E-state index contributed by atoms with van der Waals surface area (Å²) in [6, 6.07) is 6.96. The Balaban J connectivity index is 2.03. The Morgan fingerprint density at radius 1 is 0.923 bits per heavy atom. The summed E-state index contributed by atoms with van der Waals surface area (Å²) >= 11 is 6.46. The second-order valence-electron chi connectivity index (χ2n) is 8.41. The van der Waals surface area contributed by atoms with E-state index in [4.69, 9.17) is 40.6 Å². The monoisotopic (exact) mass is 581 g/mol. The number of nitrogens with zero attached hydrogens (tertiary/aromatic N) is 1. The molecule has 210 valence electrons. The van der Waals surface area contributed by atoms with Crippen LogP contribution in [0, 0.1) is 0 Å². The van der Waals surface area contributed by atoms with Gasteiger partial charge in [-0.3, -0.25) is 28.9 Å². The second-order valence-corrected chi connectivity index (χ2v) is 10.1. The van der Waals surface area contributed by atoms with Crippen molar-refractivity contribution in [1.29, 1.82) is 0 Å². The predicted octanol–water partition coefficient (Wildman–Crippen LogP) is 1.98. The molecule has 12 nitrogen and oxygen atoms in total. The van der Waals surface area contributed by atoms with Gasteiger partial charge >= 0.3 is 23.9 Å². The van der Waals surface area contributed by atoms with Gasteiger partial charge in [0, 0.05) is 27.7 Å². The molecule has 2 heterocycles. The number of benzene rings is 1. The summed E-state index contributed by atoms with van der Waals surface area (Å²) < 4.78 is 32.6. The highest BCUT2D eigenvalue weighted by Gasteiger charge is 2.56. The molecule has 2 fully saturated rings. The number of thiocarbonyl (C=S) groups is 1. The quantitative estimate of drug-likeness (QED) is 0.191. The first kappa shape index (κ1) is 30.1. The molecule has 0 aliphatic carbocycles. The number of hydrogen-bond donors (Lipinski definition) is 0. The van der Waals surface area contributed by atoms with Gasteiger partial charge in [0.05, 0.1) is 12.0 Å². The zero-order valence-electron chi connectivity index (χ0n) is 21.7. The van der Waals surface area contributed by atoms with Crippen molar-refractivity contribution in [3.63, 3.8) is 0 Å². The smallest absolute Gasteiger partial charge is 0.303 e. The molecule has 1 amide bonds. The summed E-state index contributed by atoms with van der Waals surface area (Å²) in [6.07, 6.45) is -5.24. The molecule has 0 radical (unpaired) electrons. The van der Waals surface area contributed by atoms with Gasteiger partial charge in [0.2, 0.25) is 0 Å². The maximum absolute atomic E-state index is 13.6. The lowest BCUT2D eigenvalue weighted by molar-refractivity contribution is -0.268. The second kappa shape index (κ2) is 13.0. The van der Waals surface area contributed by atoms with E-state index in [9.17, 15) is 24.0 Å². The van der Waals surface area contributed by atoms with E-state index in [1.54, 1.807) is 30.3 Å². The van der Waals surface area contributed by atoms with Crippen molar-refractivity contribution in [1.82, 2.24) is 4.90 Å². The average Bonchev–Trinajstić information content (AvgIpc) is 3.12. The van der Waals surface area contributed by atoms with Crippen LogP contribution in [-0.2, 0) is 47.7 Å². The van der Waals surface area contributed by atoms with Gasteiger partial charge in [-0.25, -0.2) is 0 Å². The summed E-state index contributed by atoms with van der Waals surface area (Å²) in [5, 5.41) is 0. The summed E-state index contributed by atoms with van der Waals surface area (Å²) in [4.78, 5) is 62.5. The third kappa shape index (κ3) is 7.55. The Bertz CT molecular complexity index is 1180. The van der Waals surface area contributed by atoms with Crippen LogP contribution < -0.4 is 4.74 Å². The minimum Gasteiger partial charge on any atom is -0.497 e. The van der Waals surface area contributed by atoms with Gasteiger partial charge in [-0.15, -0.1) is 0 Å². The van der Waals surface area contributed by atoms with E-state index >= 15 is 0 Å². The largest absolute Gasteiger partial charge is 0.497 e. The van der Waals surface area contributed by atoms with Gasteiger partial charge in [0.1, 0.15) is 18.5 Å². The van der Waals surface area contributed by atoms with E-state index in [0.29, 0.717) is 11.3 Å². The van der Waals surface area contributed by atoms with Crippen molar-refractivity contribution < 1.29 is 52.4 Å². The molecule has 0 saturated carbocycles. The number of esters is 4. The number of hydrogen-bond acceptors (Lipinski definition) is 13. The minimum absolute atomic E-state index is 0.0701. The van der Waals surface area contributed by atoms with Crippen molar-refractivity contribution in [2.75, 3.05) is 13.7 Å². The van der Waals surface area contributed by atoms with Crippen LogP contribution in [-0.4, -0.2) is 83.4 Å². The number of ether oxygens (including phenoxy) is 6. The van der Waals surface area contributed by atoms with Crippen molar-refractivity contribution in [2.45, 2.75) is 58.3 Å². The lowest BCUT2D eigenvalue weighted by atomic mass is 9.96. The molecule has 1 aromatic rings. The zero-order chi connectivity index (χ0) is 28.9. The Kier molecular flexibility index (Phi) is 10.1. The number of amides is 1. The highest BCUT2D eigenvalue weighted by atomic mass is 32.2. The maximum atomic E-state index is 13.6. The molecule has 0 spiro atoms. The number of carbonyl (C=O) groups is 5. The molecule has 39 heavy (non-hydrogen) atoms. The molecular weight excluding hydrogens is 554 g/mol. The fourth-order valence-electron chi connectivity index (χ4n) is 3.96. The molecule has 3 rings (SSSR count). The average molecular weight is 582 g/mol. The van der Waals surface area contributed by atoms with Crippen molar-refractivity contribution in [3.8, 4) is 5.75 Å². The Morgan fingerprint density at radius 2 is 1.49 bits per heavy atom. The molecule has 0 bridgehead atoms. The predicted molar refractivity (Wildman–Crippen MR) is 140 cm³/mol. The molecule has 0 aromatic heterocycles. The van der Waals surface area contributed by atoms with E-state index < -0.39 is 67.0 Å². The third-order valence-electron chi connectivity index (χ3n) is 5.46. The third-order valence-corrected chi connectivity index (χ3v) is 6.79. The number of thioether (sulfide) groups is 1. The van der Waals surface area contributed by atoms with Gasteiger partial charge in [0.15, 0.2) is 28.9 Å². The first-order chi connectivity index (χ1) is 18.4. The molecule has 2 aliphatic heterocycles. The molecule has 2 aliphatic rings. The van der Waals surface area contributed by atoms with Crippen LogP contribution in [0.3, 0.4) is 0 Å². The van der Waals surface area contributed by atoms with Crippen molar-refractivity contribution in [3.05, 3.63) is 34.7 Å². The number of carbonyl (C=O) groups excluding carboxylic acids is 5. The van der Waals surface area contributed by atoms with Gasteiger partial charge < -0.3 is 28.4 Å². The van der Waals surface area contributed by atoms with Gasteiger partial charge in [-0.1, -0.05) is 36.1 Å². The number of methoxy groups -OCH3 is 1. The topological polar surface area (TPSA) is 144 Å². The summed E-state index contributed by atoms with van der Waals surface area (Å²) in [7, 11) is 1.54. The maximum Gasteiger partial charge on any atom is 0.303 e. The first-order valence-corrected chi connectivity index (χ1v) is 12.8. The van der Waals surface area contributed by atoms with E-state index in [0.717, 1.165) is 37.4 Å². The summed E-state index contributed by atoms with van der Waals surface area (Å²) in [5.41, 5.74) is 0.692. The highest BCUT2D eigenvalue weighted by molar-refractivity contribution is 8.26. The van der Waals surface area contributed by atoms with E-state index in [1.807, 2.05) is 0 Å². The fourth-order valence-corrected chi connectivity index (χ4v) is 5.27. The van der Waals surface area contributed by atoms with Crippen LogP contribution in [0.25, 0.3) is 6.08 Å². The lowest BCUT2D eigenvalue weighted by Gasteiger charge is -2.46. The summed E-state index contributed by atoms with van der Waals surface area (Å²) in [6.45, 7) is 4.08. The van der Waals surface area contributed by atoms with Crippen LogP contribution >= 0.6 is 24.0 Å². The highest BCUT2D eigenvalue weighted by Crippen LogP contribution is 2.39. The Morgan fingerprint density at radius 3 is 2.03 bits per heavy atom. The fraction of sp³-hybridized carbons (Fsp3) is 0.440. The molecule has 14 heteroatoms. The molecule has 5 atom stereocenters. The number of rotatable bonds is 8. The van der Waals surface area contributed by atoms with Crippen molar-refractivity contribution in [2.24, 2.45) is 0 Å². The standard InChI is InChI=1S/C25H27NO11S2/c1-12(27)33-11-18-20(34-13(2)28)21(35-14(3)29)22(36-15(4)30)24(37-18)26-23(31)19(39-25(26)38)10-16-6-8-17(32-5)9-7-16/h6-10,18,20-22,24H,11H2,1-5H3/b19-10+/t18-,20+,21-,22-,24-/m1/s1. The Hall–Kier alpha value is -3.49. The van der Waals surface area contributed by atoms with Crippen molar-refractivity contribution >= 4 is 64.2 Å². The molecule has 2 saturated heterocycles. The van der Waals surface area contributed by atoms with Gasteiger partial charge in [-0.05, 0) is 23.8 Å². The van der Waals surface area contributed by atoms with Gasteiger partial charge in [-0.2, -0.15) is 0 Å². The molecule has 1 aromatic carbocycles. The van der Waals surface area contributed by atoms with Crippen LogP contribution in [0.1, 0.15) is 33.3 Å². The van der Waals surface area contributed by atoms with Crippen LogP contribution in [0.5, 0.6) is 5.75 Å². The summed E-state index contributed by atoms with van der Waals surface area (Å²) in [5.74, 6) is -2.92. The van der Waals surface area contributed by atoms with Crippen LogP contribution in [0.15, 0.2) is 29.2 Å². The van der Waals surface area contributed by atoms with Gasteiger partial charge in [0.25, 0.3) is 5.91 Å². The Labute approximate surface area is 233 Å². The molecule has 0 N–H and O–H groups in total. The molecular formula is C25H27NO11S2. The van der Waals surface area contributed by atoms with E-state index in [2.05, 4.69) is 0 Å². The minimum atomic E-state index is -1.45. The van der Waals surface area contributed by atoms with E-state index in [1.165, 1.54) is 14.0 Å².